The van der Waals surface area contributed by atoms with E-state index in [2.05, 4.69) is 308 Å². The van der Waals surface area contributed by atoms with Gasteiger partial charge in [0.15, 0.2) is 5.43 Å². The Balaban J connectivity index is 1.18. The lowest BCUT2D eigenvalue weighted by Gasteiger charge is -2.42. The number of allylic oxidation sites excluding steroid dienone is 4. The third-order valence-electron chi connectivity index (χ3n) is 22.7. The molecule has 2 aliphatic carbocycles. The van der Waals surface area contributed by atoms with Crippen LogP contribution in [0.15, 0.2) is 186 Å². The minimum atomic E-state index is -1.13. The van der Waals surface area contributed by atoms with Crippen LogP contribution >= 0.6 is 0 Å². The number of pyridine rings is 1. The van der Waals surface area contributed by atoms with Crippen molar-refractivity contribution in [2.24, 2.45) is 16.7 Å². The van der Waals surface area contributed by atoms with E-state index in [1.165, 1.54) is 22.3 Å². The van der Waals surface area contributed by atoms with Gasteiger partial charge in [-0.2, -0.15) is 0 Å². The van der Waals surface area contributed by atoms with Crippen LogP contribution < -0.4 is 16.0 Å². The molecule has 2 unspecified atom stereocenters. The highest BCUT2D eigenvalue weighted by molar-refractivity contribution is 6.18. The first kappa shape index (κ1) is 60.1. The van der Waals surface area contributed by atoms with Gasteiger partial charge in [-0.1, -0.05) is 262 Å². The molecule has 18 rings (SSSR count). The smallest absolute Gasteiger partial charge is 0.197 e. The predicted octanol–water partition coefficient (Wildman–Crippen LogP) is 21.5. The summed E-state index contributed by atoms with van der Waals surface area (Å²) >= 11 is 0. The first-order valence-corrected chi connectivity index (χ1v) is 34.4. The molecule has 0 amide bonds. The average molecular weight is 1230 g/mol. The molecule has 11 aromatic rings. The van der Waals surface area contributed by atoms with E-state index in [0.717, 1.165) is 163 Å². The average Bonchev–Trinajstić information content (AvgIpc) is 1.09. The second-order valence-corrected chi connectivity index (χ2v) is 33.4. The number of rotatable bonds is 2. The SMILES string of the molecule is CC(C)(C)C1=CC=C(c2cc3cc(c2)-c2cccc4c5cccc6c5n(c24)-c2c(c4c5c(c2C(C)(C)c2ccc-3cc2)c(=O)c2c(n5-c3ccc(C(C)(C)C)cc3C4O)=CCC(C(C)(C)C)C=2)C(C)(C)c2ccc(cc2)-c2cc(-c3ccc(C(C)(C)C)cc3)cc-6c2)CC1. The molecule has 470 valence electrons. The predicted molar refractivity (Wildman–Crippen MR) is 397 cm³/mol. The lowest BCUT2D eigenvalue weighted by molar-refractivity contribution is 0.216. The Morgan fingerprint density at radius 3 is 1.49 bits per heavy atom. The number of hydrogen-bond donors (Lipinski definition) is 1. The minimum Gasteiger partial charge on any atom is -0.383 e. The van der Waals surface area contributed by atoms with E-state index in [1.807, 2.05) is 0 Å². The highest BCUT2D eigenvalue weighted by Gasteiger charge is 2.45. The number of aliphatic hydroxyl groups excluding tert-OH is 1. The van der Waals surface area contributed by atoms with Crippen LogP contribution in [0.2, 0.25) is 0 Å². The van der Waals surface area contributed by atoms with Crippen LogP contribution in [0.25, 0.3) is 117 Å². The molecule has 0 fully saturated rings. The summed E-state index contributed by atoms with van der Waals surface area (Å²) in [7, 11) is 0. The number of nitrogens with zero attached hydrogens (tertiary/aromatic N) is 2. The fourth-order valence-electron chi connectivity index (χ4n) is 16.9. The van der Waals surface area contributed by atoms with Crippen LogP contribution in [-0.4, -0.2) is 14.2 Å². The number of para-hydroxylation sites is 2. The Labute approximate surface area is 555 Å². The normalized spacial score (nSPS) is 17.6. The van der Waals surface area contributed by atoms with Gasteiger partial charge in [0.2, 0.25) is 0 Å². The molecular formula is C90H88N2O2. The van der Waals surface area contributed by atoms with E-state index in [1.54, 1.807) is 0 Å². The van der Waals surface area contributed by atoms with Crippen molar-refractivity contribution in [1.29, 1.82) is 0 Å². The summed E-state index contributed by atoms with van der Waals surface area (Å²) in [6.45, 7) is 37.0. The maximum atomic E-state index is 17.4. The number of aromatic nitrogens is 2. The fraction of sp³-hybridized carbons (Fsp3) is 0.300. The largest absolute Gasteiger partial charge is 0.383 e. The third-order valence-corrected chi connectivity index (χ3v) is 22.7. The zero-order valence-corrected chi connectivity index (χ0v) is 57.9. The zero-order chi connectivity index (χ0) is 65.8. The summed E-state index contributed by atoms with van der Waals surface area (Å²) in [4.78, 5) is 17.4. The molecule has 8 bridgehead atoms. The van der Waals surface area contributed by atoms with Crippen LogP contribution in [0.5, 0.6) is 0 Å². The van der Waals surface area contributed by atoms with Gasteiger partial charge < -0.3 is 14.2 Å². The van der Waals surface area contributed by atoms with E-state index in [-0.39, 0.29) is 33.0 Å². The maximum absolute atomic E-state index is 17.4. The monoisotopic (exact) mass is 1230 g/mol. The molecule has 0 spiro atoms. The highest BCUT2D eigenvalue weighted by Crippen LogP contribution is 2.56. The summed E-state index contributed by atoms with van der Waals surface area (Å²) in [6.07, 6.45) is 11.1. The van der Waals surface area contributed by atoms with Crippen molar-refractivity contribution in [2.75, 3.05) is 0 Å². The van der Waals surface area contributed by atoms with Gasteiger partial charge in [0, 0.05) is 49.1 Å². The molecular weight excluding hydrogens is 1140 g/mol. The van der Waals surface area contributed by atoms with Gasteiger partial charge in [-0.15, -0.1) is 0 Å². The van der Waals surface area contributed by atoms with E-state index >= 15 is 4.79 Å². The van der Waals surface area contributed by atoms with Crippen molar-refractivity contribution in [1.82, 2.24) is 9.13 Å². The first-order valence-electron chi connectivity index (χ1n) is 34.4. The molecule has 0 saturated heterocycles. The summed E-state index contributed by atoms with van der Waals surface area (Å²) in [5, 5.41) is 19.0. The van der Waals surface area contributed by atoms with Gasteiger partial charge in [0.05, 0.1) is 38.7 Å². The molecule has 5 aliphatic heterocycles. The molecule has 0 radical (unpaired) electrons. The second-order valence-electron chi connectivity index (χ2n) is 33.4. The number of aliphatic hydroxyl groups is 1. The van der Waals surface area contributed by atoms with Gasteiger partial charge in [-0.05, 0) is 178 Å². The van der Waals surface area contributed by atoms with Crippen molar-refractivity contribution in [3.8, 4) is 67.0 Å². The van der Waals surface area contributed by atoms with Crippen LogP contribution in [-0.2, 0) is 21.7 Å². The van der Waals surface area contributed by atoms with E-state index in [0.29, 0.717) is 5.39 Å². The molecule has 4 nitrogen and oxygen atoms in total. The lowest BCUT2D eigenvalue weighted by atomic mass is 9.67. The summed E-state index contributed by atoms with van der Waals surface area (Å²) in [6, 6.07) is 63.0. The molecule has 0 saturated carbocycles. The van der Waals surface area contributed by atoms with Crippen molar-refractivity contribution >= 4 is 50.4 Å². The van der Waals surface area contributed by atoms with Crippen LogP contribution in [0.1, 0.15) is 186 Å². The Morgan fingerprint density at radius 2 is 0.979 bits per heavy atom. The summed E-state index contributed by atoms with van der Waals surface area (Å²) in [5.41, 5.74) is 26.3. The molecule has 7 aliphatic rings. The van der Waals surface area contributed by atoms with E-state index in [9.17, 15) is 5.11 Å². The van der Waals surface area contributed by atoms with E-state index in [4.69, 9.17) is 0 Å². The summed E-state index contributed by atoms with van der Waals surface area (Å²) < 4.78 is 5.08. The van der Waals surface area contributed by atoms with Crippen molar-refractivity contribution < 1.29 is 5.11 Å². The van der Waals surface area contributed by atoms with Crippen LogP contribution in [0.3, 0.4) is 0 Å². The molecule has 1 N–H and O–H groups in total. The molecule has 94 heavy (non-hydrogen) atoms. The zero-order valence-electron chi connectivity index (χ0n) is 57.9. The molecule has 7 heterocycles. The maximum Gasteiger partial charge on any atom is 0.197 e. The van der Waals surface area contributed by atoms with Gasteiger partial charge in [0.25, 0.3) is 0 Å². The quantitative estimate of drug-likeness (QED) is 0.187. The van der Waals surface area contributed by atoms with Crippen molar-refractivity contribution in [3.05, 3.63) is 252 Å². The Morgan fingerprint density at radius 1 is 0.479 bits per heavy atom. The third kappa shape index (κ3) is 9.04. The highest BCUT2D eigenvalue weighted by atomic mass is 16.3. The van der Waals surface area contributed by atoms with Crippen molar-refractivity contribution in [3.63, 3.8) is 0 Å². The van der Waals surface area contributed by atoms with E-state index < -0.39 is 16.9 Å². The molecule has 2 atom stereocenters. The van der Waals surface area contributed by atoms with Crippen LogP contribution in [0.4, 0.5) is 0 Å². The van der Waals surface area contributed by atoms with Gasteiger partial charge in [-0.3, -0.25) is 4.79 Å². The number of benzene rings is 9. The van der Waals surface area contributed by atoms with Gasteiger partial charge >= 0.3 is 0 Å². The lowest BCUT2D eigenvalue weighted by Crippen LogP contribution is -2.50. The minimum absolute atomic E-state index is 0.000235. The second kappa shape index (κ2) is 20.3. The molecule has 2 aromatic heterocycles. The Hall–Kier alpha value is -8.83. The van der Waals surface area contributed by atoms with Gasteiger partial charge in [-0.25, -0.2) is 0 Å². The fourth-order valence-corrected chi connectivity index (χ4v) is 16.9. The molecule has 9 aromatic carbocycles. The first-order chi connectivity index (χ1) is 44.5. The standard InChI is InChI=1S/C90H88N2O2/c1-85(2,3)61-31-23-51(24-32-61)55-43-57-47-59(45-55)67-19-17-21-69-70-22-18-20-68-60-46-56(52-25-33-62(34-26-52)86(4,5)6)44-58(48-60)54-29-37-64(38-30-54)90(15,16)78-76-81-75(77(82(78)92(79(67)69)80(68)70)89(13,14)63-35-27-53(57)28-36-63)83(93)71-49-65(87(7,8)9)39-41-73(71)91(81)74-42-40-66(88(10,11)12)50-72(74)84(76)94/h17-25,27-33,35-39,41-50,66,83,93H,26,34,40H2,1-16H3. The summed E-state index contributed by atoms with van der Waals surface area (Å²) in [5.74, 6) is 0.107. The number of fused-ring (bicyclic) bond motifs is 9. The topological polar surface area (TPSA) is 47.2 Å². The van der Waals surface area contributed by atoms with Crippen LogP contribution in [0, 0.1) is 16.7 Å². The van der Waals surface area contributed by atoms with Gasteiger partial charge in [0.1, 0.15) is 6.10 Å². The Kier molecular flexibility index (Phi) is 13.0. The van der Waals surface area contributed by atoms with Crippen molar-refractivity contribution in [2.45, 2.75) is 158 Å². The number of hydrogen-bond acceptors (Lipinski definition) is 2. The molecule has 4 heteroatoms. The Bertz CT molecular complexity index is 5370.